The summed E-state index contributed by atoms with van der Waals surface area (Å²) in [7, 11) is 0. The number of fused-ring (bicyclic) bond motifs is 1. The van der Waals surface area contributed by atoms with E-state index in [1.807, 2.05) is 0 Å². The minimum Gasteiger partial charge on any atom is -0.434 e. The van der Waals surface area contributed by atoms with Gasteiger partial charge in [-0.05, 0) is 26.0 Å². The molecule has 0 saturated heterocycles. The molecule has 0 saturated carbocycles. The molecular formula is C16H14O7. The molecule has 0 fully saturated rings. The summed E-state index contributed by atoms with van der Waals surface area (Å²) in [5.74, 6) is -0.817. The van der Waals surface area contributed by atoms with E-state index in [2.05, 4.69) is 11.3 Å². The second-order valence-corrected chi connectivity index (χ2v) is 4.55. The lowest BCUT2D eigenvalue weighted by atomic mass is 10.2. The van der Waals surface area contributed by atoms with Crippen LogP contribution in [0.2, 0.25) is 0 Å². The van der Waals surface area contributed by atoms with Crippen LogP contribution in [0.4, 0.5) is 4.79 Å². The number of hydrogen-bond donors (Lipinski definition) is 0. The van der Waals surface area contributed by atoms with Crippen molar-refractivity contribution in [2.45, 2.75) is 13.8 Å². The van der Waals surface area contributed by atoms with Gasteiger partial charge in [0.1, 0.15) is 5.58 Å². The first-order chi connectivity index (χ1) is 10.9. The van der Waals surface area contributed by atoms with Crippen LogP contribution in [0.1, 0.15) is 13.8 Å². The summed E-state index contributed by atoms with van der Waals surface area (Å²) in [5, 5.41) is 0.491. The highest BCUT2D eigenvalue weighted by Crippen LogP contribution is 2.33. The van der Waals surface area contributed by atoms with Gasteiger partial charge >= 0.3 is 17.8 Å². The highest BCUT2D eigenvalue weighted by Gasteiger charge is 2.17. The number of carbonyl (C=O) groups excluding carboxylic acids is 2. The Bertz CT molecular complexity index is 832. The number of ether oxygens (including phenoxy) is 3. The van der Waals surface area contributed by atoms with Crippen LogP contribution in [0.3, 0.4) is 0 Å². The molecule has 0 aliphatic carbocycles. The molecule has 1 aromatic heterocycles. The van der Waals surface area contributed by atoms with E-state index in [0.29, 0.717) is 5.39 Å². The smallest absolute Gasteiger partial charge is 0.434 e. The summed E-state index contributed by atoms with van der Waals surface area (Å²) in [6, 6.07) is 5.40. The third-order valence-corrected chi connectivity index (χ3v) is 2.69. The third-order valence-electron chi connectivity index (χ3n) is 2.69. The maximum atomic E-state index is 11.7. The quantitative estimate of drug-likeness (QED) is 0.281. The van der Waals surface area contributed by atoms with Crippen molar-refractivity contribution >= 4 is 23.1 Å². The SMILES string of the molecule is C=C(C)C(=O)Oc1cc2ccc(=O)oc2cc1OC(=O)OCC. The van der Waals surface area contributed by atoms with Crippen LogP contribution in [0.15, 0.2) is 45.6 Å². The Hall–Kier alpha value is -3.09. The molecule has 0 radical (unpaired) electrons. The van der Waals surface area contributed by atoms with Crippen LogP contribution in [-0.2, 0) is 9.53 Å². The van der Waals surface area contributed by atoms with E-state index in [9.17, 15) is 14.4 Å². The Balaban J connectivity index is 2.49. The van der Waals surface area contributed by atoms with E-state index in [1.54, 1.807) is 6.92 Å². The minimum atomic E-state index is -0.974. The normalized spacial score (nSPS) is 10.2. The van der Waals surface area contributed by atoms with Crippen molar-refractivity contribution < 1.29 is 28.2 Å². The summed E-state index contributed by atoms with van der Waals surface area (Å²) in [4.78, 5) is 34.5. The lowest BCUT2D eigenvalue weighted by Gasteiger charge is -2.11. The summed E-state index contributed by atoms with van der Waals surface area (Å²) in [5.41, 5.74) is -0.218. The van der Waals surface area contributed by atoms with Gasteiger partial charge in [-0.2, -0.15) is 0 Å². The highest BCUT2D eigenvalue weighted by molar-refractivity contribution is 5.90. The fourth-order valence-electron chi connectivity index (χ4n) is 1.66. The number of benzene rings is 1. The van der Waals surface area contributed by atoms with Crippen molar-refractivity contribution in [1.82, 2.24) is 0 Å². The summed E-state index contributed by atoms with van der Waals surface area (Å²) in [6.07, 6.45) is -0.974. The predicted octanol–water partition coefficient (Wildman–Crippen LogP) is 2.81. The Kier molecular flexibility index (Phi) is 4.80. The molecule has 0 atom stereocenters. The molecule has 120 valence electrons. The van der Waals surface area contributed by atoms with E-state index in [4.69, 9.17) is 13.9 Å². The molecule has 1 aromatic carbocycles. The standard InChI is InChI=1S/C16H14O7/c1-4-20-16(19)23-13-8-11-10(5-6-14(17)21-11)7-12(13)22-15(18)9(2)3/h5-8H,2,4H2,1,3H3. The van der Waals surface area contributed by atoms with Gasteiger partial charge in [0.15, 0.2) is 11.5 Å². The van der Waals surface area contributed by atoms with Crippen molar-refractivity contribution in [2.75, 3.05) is 6.61 Å². The molecule has 7 nitrogen and oxygen atoms in total. The van der Waals surface area contributed by atoms with Crippen LogP contribution in [0, 0.1) is 0 Å². The number of hydrogen-bond acceptors (Lipinski definition) is 7. The van der Waals surface area contributed by atoms with Gasteiger partial charge in [-0.1, -0.05) is 6.58 Å². The van der Waals surface area contributed by atoms with Crippen molar-refractivity contribution in [3.63, 3.8) is 0 Å². The second kappa shape index (κ2) is 6.78. The fraction of sp³-hybridized carbons (Fsp3) is 0.188. The van der Waals surface area contributed by atoms with E-state index in [0.717, 1.165) is 0 Å². The van der Waals surface area contributed by atoms with Gasteiger partial charge in [0, 0.05) is 23.1 Å². The molecule has 0 aliphatic heterocycles. The second-order valence-electron chi connectivity index (χ2n) is 4.55. The molecule has 1 heterocycles. The minimum absolute atomic E-state index is 0.0209. The van der Waals surface area contributed by atoms with Crippen LogP contribution in [-0.4, -0.2) is 18.7 Å². The first-order valence-electron chi connectivity index (χ1n) is 6.71. The number of rotatable bonds is 4. The average molecular weight is 318 g/mol. The molecular weight excluding hydrogens is 304 g/mol. The highest BCUT2D eigenvalue weighted by atomic mass is 16.7. The zero-order valence-corrected chi connectivity index (χ0v) is 12.6. The molecule has 0 aliphatic rings. The lowest BCUT2D eigenvalue weighted by Crippen LogP contribution is -2.13. The van der Waals surface area contributed by atoms with Crippen molar-refractivity contribution in [1.29, 1.82) is 0 Å². The average Bonchev–Trinajstić information content (AvgIpc) is 2.48. The van der Waals surface area contributed by atoms with Gasteiger partial charge in [-0.15, -0.1) is 0 Å². The Morgan fingerprint density at radius 3 is 2.52 bits per heavy atom. The Labute approximate surface area is 131 Å². The van der Waals surface area contributed by atoms with E-state index >= 15 is 0 Å². The molecule has 0 spiro atoms. The van der Waals surface area contributed by atoms with Gasteiger partial charge in [0.05, 0.1) is 6.61 Å². The molecule has 0 bridgehead atoms. The van der Waals surface area contributed by atoms with Crippen LogP contribution >= 0.6 is 0 Å². The molecule has 2 rings (SSSR count). The van der Waals surface area contributed by atoms with Gasteiger partial charge in [-0.3, -0.25) is 0 Å². The topological polar surface area (TPSA) is 92.0 Å². The number of esters is 1. The van der Waals surface area contributed by atoms with Gasteiger partial charge < -0.3 is 18.6 Å². The Morgan fingerprint density at radius 1 is 1.17 bits per heavy atom. The van der Waals surface area contributed by atoms with Crippen LogP contribution in [0.25, 0.3) is 11.0 Å². The monoisotopic (exact) mass is 318 g/mol. The first kappa shape index (κ1) is 16.3. The summed E-state index contributed by atoms with van der Waals surface area (Å²) in [6.45, 7) is 6.69. The first-order valence-corrected chi connectivity index (χ1v) is 6.71. The third kappa shape index (κ3) is 3.97. The Morgan fingerprint density at radius 2 is 1.87 bits per heavy atom. The van der Waals surface area contributed by atoms with Crippen molar-refractivity contribution in [3.8, 4) is 11.5 Å². The molecule has 0 amide bonds. The fourth-order valence-corrected chi connectivity index (χ4v) is 1.66. The van der Waals surface area contributed by atoms with Gasteiger partial charge in [0.25, 0.3) is 0 Å². The maximum Gasteiger partial charge on any atom is 0.513 e. The molecule has 0 unspecified atom stereocenters. The largest absolute Gasteiger partial charge is 0.513 e. The molecule has 2 aromatic rings. The molecule has 0 N–H and O–H groups in total. The zero-order valence-electron chi connectivity index (χ0n) is 12.6. The van der Waals surface area contributed by atoms with Crippen molar-refractivity contribution in [2.24, 2.45) is 0 Å². The number of carbonyl (C=O) groups is 2. The van der Waals surface area contributed by atoms with Gasteiger partial charge in [0.2, 0.25) is 0 Å². The van der Waals surface area contributed by atoms with Crippen LogP contribution < -0.4 is 15.1 Å². The zero-order chi connectivity index (χ0) is 17.0. The molecule has 23 heavy (non-hydrogen) atoms. The molecule has 7 heteroatoms. The maximum absolute atomic E-state index is 11.7. The van der Waals surface area contributed by atoms with E-state index in [-0.39, 0.29) is 29.3 Å². The lowest BCUT2D eigenvalue weighted by molar-refractivity contribution is -0.130. The summed E-state index contributed by atoms with van der Waals surface area (Å²) < 4.78 is 19.8. The van der Waals surface area contributed by atoms with E-state index in [1.165, 1.54) is 31.2 Å². The van der Waals surface area contributed by atoms with Gasteiger partial charge in [-0.25, -0.2) is 14.4 Å². The summed E-state index contributed by atoms with van der Waals surface area (Å²) >= 11 is 0. The van der Waals surface area contributed by atoms with E-state index < -0.39 is 17.8 Å². The van der Waals surface area contributed by atoms with Crippen molar-refractivity contribution in [3.05, 3.63) is 46.8 Å². The predicted molar refractivity (Wildman–Crippen MR) is 80.6 cm³/mol. The van der Waals surface area contributed by atoms with Crippen LogP contribution in [0.5, 0.6) is 11.5 Å².